The zero-order valence-electron chi connectivity index (χ0n) is 19.2. The van der Waals surface area contributed by atoms with Crippen LogP contribution in [0.1, 0.15) is 42.1 Å². The Labute approximate surface area is 195 Å². The van der Waals surface area contributed by atoms with Crippen LogP contribution in [0.15, 0.2) is 66.9 Å². The minimum Gasteiger partial charge on any atom is -0.342 e. The van der Waals surface area contributed by atoms with Gasteiger partial charge in [-0.05, 0) is 61.4 Å². The summed E-state index contributed by atoms with van der Waals surface area (Å²) in [4.78, 5) is 34.7. The van der Waals surface area contributed by atoms with Gasteiger partial charge in [-0.25, -0.2) is 0 Å². The SMILES string of the molecule is CC1(C(=O)N2CCC(Cc3cccc4ncccc34)C2)CCN(C(=O)c2ccccc2)CC1. The van der Waals surface area contributed by atoms with Crippen molar-refractivity contribution in [3.8, 4) is 0 Å². The van der Waals surface area contributed by atoms with E-state index in [0.717, 1.165) is 49.9 Å². The van der Waals surface area contributed by atoms with Crippen molar-refractivity contribution in [1.29, 1.82) is 0 Å². The molecule has 3 heterocycles. The van der Waals surface area contributed by atoms with Crippen LogP contribution in [0.4, 0.5) is 0 Å². The molecular formula is C28H31N3O2. The average Bonchev–Trinajstić information content (AvgIpc) is 3.33. The fourth-order valence-corrected chi connectivity index (χ4v) is 5.40. The first-order chi connectivity index (χ1) is 16.0. The van der Waals surface area contributed by atoms with Gasteiger partial charge in [0, 0.05) is 48.7 Å². The lowest BCUT2D eigenvalue weighted by atomic mass is 9.79. The maximum atomic E-state index is 13.5. The van der Waals surface area contributed by atoms with Gasteiger partial charge in [0.15, 0.2) is 0 Å². The molecule has 170 valence electrons. The van der Waals surface area contributed by atoms with Gasteiger partial charge in [-0.2, -0.15) is 0 Å². The number of fused-ring (bicyclic) bond motifs is 1. The lowest BCUT2D eigenvalue weighted by molar-refractivity contribution is -0.142. The average molecular weight is 442 g/mol. The summed E-state index contributed by atoms with van der Waals surface area (Å²) in [5.41, 5.74) is 2.69. The van der Waals surface area contributed by atoms with E-state index in [4.69, 9.17) is 0 Å². The quantitative estimate of drug-likeness (QED) is 0.596. The number of piperidine rings is 1. The molecule has 2 saturated heterocycles. The highest BCUT2D eigenvalue weighted by atomic mass is 16.2. The minimum absolute atomic E-state index is 0.0657. The number of nitrogens with zero attached hydrogens (tertiary/aromatic N) is 3. The summed E-state index contributed by atoms with van der Waals surface area (Å²) in [5, 5.41) is 1.21. The first kappa shape index (κ1) is 21.6. The van der Waals surface area contributed by atoms with Gasteiger partial charge < -0.3 is 9.80 Å². The molecule has 5 heteroatoms. The van der Waals surface area contributed by atoms with E-state index in [1.165, 1.54) is 10.9 Å². The number of rotatable bonds is 4. The predicted octanol–water partition coefficient (Wildman–Crippen LogP) is 4.57. The number of pyridine rings is 1. The van der Waals surface area contributed by atoms with E-state index in [9.17, 15) is 9.59 Å². The van der Waals surface area contributed by atoms with Crippen LogP contribution in [-0.2, 0) is 11.2 Å². The van der Waals surface area contributed by atoms with Crippen molar-refractivity contribution in [3.05, 3.63) is 78.0 Å². The Morgan fingerprint density at radius 2 is 1.73 bits per heavy atom. The third-order valence-corrected chi connectivity index (χ3v) is 7.51. The fraction of sp³-hybridized carbons (Fsp3) is 0.393. The second kappa shape index (κ2) is 8.97. The van der Waals surface area contributed by atoms with Crippen LogP contribution in [0.2, 0.25) is 0 Å². The number of benzene rings is 2. The van der Waals surface area contributed by atoms with Gasteiger partial charge in [-0.3, -0.25) is 14.6 Å². The maximum absolute atomic E-state index is 13.5. The number of aromatic nitrogens is 1. The van der Waals surface area contributed by atoms with E-state index in [0.29, 0.717) is 19.0 Å². The Morgan fingerprint density at radius 1 is 0.939 bits per heavy atom. The number of carbonyl (C=O) groups is 2. The standard InChI is InChI=1S/C28H31N3O2/c1-28(13-17-30(18-14-28)26(32)22-7-3-2-4-8-22)27(33)31-16-12-21(20-31)19-23-9-5-11-25-24(23)10-6-15-29-25/h2-11,15,21H,12-14,16-20H2,1H3. The molecule has 3 aromatic rings. The van der Waals surface area contributed by atoms with E-state index < -0.39 is 0 Å². The molecule has 2 aromatic carbocycles. The molecule has 1 atom stereocenters. The van der Waals surface area contributed by atoms with Gasteiger partial charge in [0.2, 0.25) is 5.91 Å². The fourth-order valence-electron chi connectivity index (χ4n) is 5.40. The van der Waals surface area contributed by atoms with Crippen molar-refractivity contribution in [2.24, 2.45) is 11.3 Å². The van der Waals surface area contributed by atoms with Gasteiger partial charge in [-0.15, -0.1) is 0 Å². The summed E-state index contributed by atoms with van der Waals surface area (Å²) in [6, 6.07) is 19.9. The molecule has 0 bridgehead atoms. The molecular weight excluding hydrogens is 410 g/mol. The summed E-state index contributed by atoms with van der Waals surface area (Å²) in [7, 11) is 0. The van der Waals surface area contributed by atoms with E-state index in [2.05, 4.69) is 41.1 Å². The van der Waals surface area contributed by atoms with Gasteiger partial charge in [-0.1, -0.05) is 43.3 Å². The van der Waals surface area contributed by atoms with Crippen LogP contribution in [0.3, 0.4) is 0 Å². The van der Waals surface area contributed by atoms with E-state index in [1.54, 1.807) is 0 Å². The monoisotopic (exact) mass is 441 g/mol. The summed E-state index contributed by atoms with van der Waals surface area (Å²) >= 11 is 0. The second-order valence-electron chi connectivity index (χ2n) is 9.82. The Balaban J connectivity index is 1.19. The number of likely N-dealkylation sites (tertiary alicyclic amines) is 2. The zero-order valence-corrected chi connectivity index (χ0v) is 19.2. The van der Waals surface area contributed by atoms with Crippen molar-refractivity contribution >= 4 is 22.7 Å². The molecule has 0 spiro atoms. The van der Waals surface area contributed by atoms with Gasteiger partial charge in [0.25, 0.3) is 5.91 Å². The lowest BCUT2D eigenvalue weighted by Crippen LogP contribution is -2.49. The molecule has 0 aliphatic carbocycles. The normalized spacial score (nSPS) is 20.2. The summed E-state index contributed by atoms with van der Waals surface area (Å²) < 4.78 is 0. The molecule has 2 aliphatic heterocycles. The van der Waals surface area contributed by atoms with Crippen molar-refractivity contribution < 1.29 is 9.59 Å². The molecule has 2 aliphatic rings. The highest BCUT2D eigenvalue weighted by molar-refractivity contribution is 5.94. The number of hydrogen-bond acceptors (Lipinski definition) is 3. The van der Waals surface area contributed by atoms with Crippen molar-refractivity contribution in [1.82, 2.24) is 14.8 Å². The van der Waals surface area contributed by atoms with E-state index in [1.807, 2.05) is 47.5 Å². The summed E-state index contributed by atoms with van der Waals surface area (Å²) in [6.07, 6.45) is 5.29. The third kappa shape index (κ3) is 4.37. The molecule has 5 nitrogen and oxygen atoms in total. The third-order valence-electron chi connectivity index (χ3n) is 7.51. The molecule has 2 fully saturated rings. The molecule has 0 saturated carbocycles. The highest BCUT2D eigenvalue weighted by Gasteiger charge is 2.42. The van der Waals surface area contributed by atoms with Crippen LogP contribution >= 0.6 is 0 Å². The highest BCUT2D eigenvalue weighted by Crippen LogP contribution is 2.36. The molecule has 2 amide bonds. The van der Waals surface area contributed by atoms with Gasteiger partial charge >= 0.3 is 0 Å². The zero-order chi connectivity index (χ0) is 22.8. The number of carbonyl (C=O) groups excluding carboxylic acids is 2. The summed E-state index contributed by atoms with van der Waals surface area (Å²) in [6.45, 7) is 5.00. The second-order valence-corrected chi connectivity index (χ2v) is 9.82. The number of amides is 2. The molecule has 0 N–H and O–H groups in total. The maximum Gasteiger partial charge on any atom is 0.253 e. The summed E-state index contributed by atoms with van der Waals surface area (Å²) in [5.74, 6) is 0.801. The predicted molar refractivity (Wildman–Crippen MR) is 130 cm³/mol. The lowest BCUT2D eigenvalue weighted by Gasteiger charge is -2.40. The van der Waals surface area contributed by atoms with Crippen LogP contribution in [0.5, 0.6) is 0 Å². The first-order valence-electron chi connectivity index (χ1n) is 12.0. The topological polar surface area (TPSA) is 53.5 Å². The van der Waals surface area contributed by atoms with Crippen LogP contribution in [-0.4, -0.2) is 52.8 Å². The van der Waals surface area contributed by atoms with Crippen molar-refractivity contribution in [2.45, 2.75) is 32.6 Å². The number of hydrogen-bond donors (Lipinski definition) is 0. The molecule has 1 unspecified atom stereocenters. The molecule has 5 rings (SSSR count). The Bertz CT molecular complexity index is 1150. The van der Waals surface area contributed by atoms with Crippen molar-refractivity contribution in [2.75, 3.05) is 26.2 Å². The molecule has 0 radical (unpaired) electrons. The van der Waals surface area contributed by atoms with Gasteiger partial charge in [0.05, 0.1) is 5.52 Å². The Hall–Kier alpha value is -3.21. The first-order valence-corrected chi connectivity index (χ1v) is 12.0. The van der Waals surface area contributed by atoms with E-state index in [-0.39, 0.29) is 17.2 Å². The minimum atomic E-state index is -0.383. The van der Waals surface area contributed by atoms with Crippen LogP contribution in [0, 0.1) is 11.3 Å². The Morgan fingerprint density at radius 3 is 2.52 bits per heavy atom. The van der Waals surface area contributed by atoms with Gasteiger partial charge in [0.1, 0.15) is 0 Å². The largest absolute Gasteiger partial charge is 0.342 e. The van der Waals surface area contributed by atoms with Crippen LogP contribution < -0.4 is 0 Å². The Kier molecular flexibility index (Phi) is 5.88. The van der Waals surface area contributed by atoms with E-state index >= 15 is 0 Å². The van der Waals surface area contributed by atoms with Crippen LogP contribution in [0.25, 0.3) is 10.9 Å². The smallest absolute Gasteiger partial charge is 0.253 e. The van der Waals surface area contributed by atoms with Crippen molar-refractivity contribution in [3.63, 3.8) is 0 Å². The molecule has 33 heavy (non-hydrogen) atoms. The molecule has 1 aromatic heterocycles.